The number of amides is 1. The SMILES string of the molecule is CCNC(=O)CN(C)c1ccnc2cc(N)ccc12. The number of likely N-dealkylation sites (N-methyl/N-ethyl adjacent to an activating group) is 2. The molecule has 3 N–H and O–H groups in total. The molecule has 0 unspecified atom stereocenters. The zero-order valence-electron chi connectivity index (χ0n) is 11.2. The number of pyridine rings is 1. The van der Waals surface area contributed by atoms with E-state index in [2.05, 4.69) is 10.3 Å². The molecule has 1 heterocycles. The quantitative estimate of drug-likeness (QED) is 0.813. The van der Waals surface area contributed by atoms with Crippen LogP contribution >= 0.6 is 0 Å². The van der Waals surface area contributed by atoms with Gasteiger partial charge in [-0.15, -0.1) is 0 Å². The number of nitrogens with one attached hydrogen (secondary N) is 1. The van der Waals surface area contributed by atoms with Crippen LogP contribution in [0.5, 0.6) is 0 Å². The molecule has 0 bridgehead atoms. The second kappa shape index (κ2) is 5.56. The number of nitrogens with zero attached hydrogens (tertiary/aromatic N) is 2. The molecule has 100 valence electrons. The van der Waals surface area contributed by atoms with Crippen LogP contribution in [0.1, 0.15) is 6.92 Å². The Morgan fingerprint density at radius 3 is 2.95 bits per heavy atom. The Morgan fingerprint density at radius 2 is 2.21 bits per heavy atom. The van der Waals surface area contributed by atoms with Gasteiger partial charge in [0.25, 0.3) is 0 Å². The highest BCUT2D eigenvalue weighted by Gasteiger charge is 2.10. The van der Waals surface area contributed by atoms with E-state index in [0.29, 0.717) is 18.8 Å². The third kappa shape index (κ3) is 2.93. The fourth-order valence-electron chi connectivity index (χ4n) is 2.04. The van der Waals surface area contributed by atoms with Gasteiger partial charge >= 0.3 is 0 Å². The summed E-state index contributed by atoms with van der Waals surface area (Å²) in [5.74, 6) is 0.00501. The fraction of sp³-hybridized carbons (Fsp3) is 0.286. The molecule has 0 radical (unpaired) electrons. The van der Waals surface area contributed by atoms with Crippen molar-refractivity contribution < 1.29 is 4.79 Å². The summed E-state index contributed by atoms with van der Waals surface area (Å²) in [6.07, 6.45) is 1.73. The molecule has 0 aliphatic rings. The van der Waals surface area contributed by atoms with Gasteiger partial charge in [0.2, 0.25) is 5.91 Å². The Hall–Kier alpha value is -2.30. The molecule has 0 aliphatic heterocycles. The summed E-state index contributed by atoms with van der Waals surface area (Å²) in [5.41, 5.74) is 8.24. The third-order valence-corrected chi connectivity index (χ3v) is 2.91. The highest BCUT2D eigenvalue weighted by atomic mass is 16.2. The standard InChI is InChI=1S/C14H18N4O/c1-3-16-14(19)9-18(2)13-6-7-17-12-8-10(15)4-5-11(12)13/h4-8H,3,9,15H2,1-2H3,(H,16,19). The molecule has 0 aliphatic carbocycles. The van der Waals surface area contributed by atoms with Gasteiger partial charge < -0.3 is 16.0 Å². The lowest BCUT2D eigenvalue weighted by atomic mass is 10.1. The Morgan fingerprint density at radius 1 is 1.42 bits per heavy atom. The van der Waals surface area contributed by atoms with Crippen molar-refractivity contribution in [1.29, 1.82) is 0 Å². The normalized spacial score (nSPS) is 10.4. The highest BCUT2D eigenvalue weighted by molar-refractivity contribution is 5.94. The molecule has 0 spiro atoms. The first-order valence-corrected chi connectivity index (χ1v) is 6.24. The monoisotopic (exact) mass is 258 g/mol. The number of hydrogen-bond donors (Lipinski definition) is 2. The van der Waals surface area contributed by atoms with Crippen molar-refractivity contribution in [2.75, 3.05) is 30.8 Å². The van der Waals surface area contributed by atoms with Crippen LogP contribution in [-0.2, 0) is 4.79 Å². The number of carbonyl (C=O) groups is 1. The van der Waals surface area contributed by atoms with Gasteiger partial charge in [-0.05, 0) is 31.2 Å². The molecule has 2 rings (SSSR count). The third-order valence-electron chi connectivity index (χ3n) is 2.91. The van der Waals surface area contributed by atoms with Crippen LogP contribution < -0.4 is 16.0 Å². The molecule has 0 saturated carbocycles. The van der Waals surface area contributed by atoms with Gasteiger partial charge in [-0.1, -0.05) is 0 Å². The average molecular weight is 258 g/mol. The zero-order valence-corrected chi connectivity index (χ0v) is 11.2. The van der Waals surface area contributed by atoms with Gasteiger partial charge in [-0.25, -0.2) is 0 Å². The highest BCUT2D eigenvalue weighted by Crippen LogP contribution is 2.25. The molecule has 5 nitrogen and oxygen atoms in total. The second-order valence-electron chi connectivity index (χ2n) is 4.42. The van der Waals surface area contributed by atoms with E-state index in [1.807, 2.05) is 43.1 Å². The Labute approximate surface area is 112 Å². The van der Waals surface area contributed by atoms with E-state index >= 15 is 0 Å². The largest absolute Gasteiger partial charge is 0.399 e. The molecule has 2 aromatic rings. The number of anilines is 2. The van der Waals surface area contributed by atoms with Gasteiger partial charge in [0.05, 0.1) is 12.1 Å². The minimum Gasteiger partial charge on any atom is -0.399 e. The predicted molar refractivity (Wildman–Crippen MR) is 78.1 cm³/mol. The first kappa shape index (κ1) is 13.1. The molecule has 1 amide bonds. The minimum atomic E-state index is 0.00501. The van der Waals surface area contributed by atoms with Crippen LogP contribution in [0, 0.1) is 0 Å². The smallest absolute Gasteiger partial charge is 0.239 e. The van der Waals surface area contributed by atoms with E-state index in [9.17, 15) is 4.79 Å². The molecule has 19 heavy (non-hydrogen) atoms. The van der Waals surface area contributed by atoms with Gasteiger partial charge in [0, 0.05) is 36.6 Å². The first-order chi connectivity index (χ1) is 9.11. The summed E-state index contributed by atoms with van der Waals surface area (Å²) in [6.45, 7) is 2.86. The summed E-state index contributed by atoms with van der Waals surface area (Å²) >= 11 is 0. The second-order valence-corrected chi connectivity index (χ2v) is 4.42. The number of rotatable bonds is 4. The van der Waals surface area contributed by atoms with E-state index < -0.39 is 0 Å². The van der Waals surface area contributed by atoms with E-state index in [0.717, 1.165) is 16.6 Å². The van der Waals surface area contributed by atoms with E-state index in [-0.39, 0.29) is 5.91 Å². The molecule has 0 fully saturated rings. The number of nitrogens with two attached hydrogens (primary N) is 1. The Balaban J connectivity index is 2.31. The topological polar surface area (TPSA) is 71.2 Å². The Kier molecular flexibility index (Phi) is 3.85. The number of carbonyl (C=O) groups excluding carboxylic acids is 1. The molecule has 0 saturated heterocycles. The molecular formula is C14H18N4O. The first-order valence-electron chi connectivity index (χ1n) is 6.24. The van der Waals surface area contributed by atoms with Gasteiger partial charge in [0.15, 0.2) is 0 Å². The van der Waals surface area contributed by atoms with Crippen molar-refractivity contribution >= 4 is 28.2 Å². The number of fused-ring (bicyclic) bond motifs is 1. The maximum Gasteiger partial charge on any atom is 0.239 e. The maximum atomic E-state index is 11.6. The van der Waals surface area contributed by atoms with Crippen molar-refractivity contribution in [2.24, 2.45) is 0 Å². The molecule has 1 aromatic heterocycles. The van der Waals surface area contributed by atoms with E-state index in [4.69, 9.17) is 5.73 Å². The lowest BCUT2D eigenvalue weighted by Crippen LogP contribution is -2.35. The molecule has 5 heteroatoms. The maximum absolute atomic E-state index is 11.6. The van der Waals surface area contributed by atoms with Crippen molar-refractivity contribution in [3.63, 3.8) is 0 Å². The predicted octanol–water partition coefficient (Wildman–Crippen LogP) is 1.39. The van der Waals surface area contributed by atoms with Crippen molar-refractivity contribution in [1.82, 2.24) is 10.3 Å². The summed E-state index contributed by atoms with van der Waals surface area (Å²) < 4.78 is 0. The van der Waals surface area contributed by atoms with Crippen LogP contribution in [0.3, 0.4) is 0 Å². The lowest BCUT2D eigenvalue weighted by molar-refractivity contribution is -0.119. The molecule has 1 aromatic carbocycles. The minimum absolute atomic E-state index is 0.00501. The van der Waals surface area contributed by atoms with Crippen molar-refractivity contribution in [3.05, 3.63) is 30.5 Å². The number of benzene rings is 1. The Bertz CT molecular complexity index is 597. The van der Waals surface area contributed by atoms with Gasteiger partial charge in [-0.3, -0.25) is 9.78 Å². The van der Waals surface area contributed by atoms with Crippen LogP contribution in [0.2, 0.25) is 0 Å². The number of nitrogen functional groups attached to an aromatic ring is 1. The molecular weight excluding hydrogens is 240 g/mol. The van der Waals surface area contributed by atoms with E-state index in [1.165, 1.54) is 0 Å². The fourth-order valence-corrected chi connectivity index (χ4v) is 2.04. The van der Waals surface area contributed by atoms with Crippen LogP contribution in [0.25, 0.3) is 10.9 Å². The van der Waals surface area contributed by atoms with Gasteiger partial charge in [0.1, 0.15) is 0 Å². The lowest BCUT2D eigenvalue weighted by Gasteiger charge is -2.20. The van der Waals surface area contributed by atoms with Gasteiger partial charge in [-0.2, -0.15) is 0 Å². The van der Waals surface area contributed by atoms with E-state index in [1.54, 1.807) is 6.20 Å². The number of hydrogen-bond acceptors (Lipinski definition) is 4. The van der Waals surface area contributed by atoms with Crippen molar-refractivity contribution in [3.8, 4) is 0 Å². The zero-order chi connectivity index (χ0) is 13.8. The number of aromatic nitrogens is 1. The summed E-state index contributed by atoms with van der Waals surface area (Å²) in [5, 5.41) is 3.78. The van der Waals surface area contributed by atoms with Crippen molar-refractivity contribution in [2.45, 2.75) is 6.92 Å². The van der Waals surface area contributed by atoms with Crippen LogP contribution in [0.15, 0.2) is 30.5 Å². The summed E-state index contributed by atoms with van der Waals surface area (Å²) in [6, 6.07) is 7.51. The van der Waals surface area contributed by atoms with Crippen LogP contribution in [-0.4, -0.2) is 31.0 Å². The van der Waals surface area contributed by atoms with Crippen LogP contribution in [0.4, 0.5) is 11.4 Å². The summed E-state index contributed by atoms with van der Waals surface area (Å²) in [4.78, 5) is 17.8. The summed E-state index contributed by atoms with van der Waals surface area (Å²) in [7, 11) is 1.89. The average Bonchev–Trinajstić information content (AvgIpc) is 2.37. The molecule has 0 atom stereocenters.